The number of ether oxygens (including phenoxy) is 2. The van der Waals surface area contributed by atoms with Crippen LogP contribution in [0, 0.1) is 5.92 Å². The van der Waals surface area contributed by atoms with Gasteiger partial charge in [0.25, 0.3) is 10.0 Å². The van der Waals surface area contributed by atoms with Gasteiger partial charge < -0.3 is 19.7 Å². The van der Waals surface area contributed by atoms with Gasteiger partial charge >= 0.3 is 0 Å². The first-order chi connectivity index (χ1) is 22.5. The van der Waals surface area contributed by atoms with Crippen molar-refractivity contribution in [2.75, 3.05) is 31.6 Å². The molecule has 47 heavy (non-hydrogen) atoms. The van der Waals surface area contributed by atoms with Crippen LogP contribution in [-0.4, -0.2) is 58.5 Å². The lowest BCUT2D eigenvalue weighted by atomic mass is 10.0. The zero-order chi connectivity index (χ0) is 34.0. The number of nitrogens with zero attached hydrogens (tertiary/aromatic N) is 2. The van der Waals surface area contributed by atoms with Gasteiger partial charge in [0, 0.05) is 24.5 Å². The van der Waals surface area contributed by atoms with E-state index in [1.54, 1.807) is 48.5 Å². The number of halogens is 1. The predicted molar refractivity (Wildman–Crippen MR) is 184 cm³/mol. The Morgan fingerprint density at radius 2 is 1.45 bits per heavy atom. The summed E-state index contributed by atoms with van der Waals surface area (Å²) in [6.45, 7) is 3.80. The maximum atomic E-state index is 14.6. The molecule has 9 nitrogen and oxygen atoms in total. The molecule has 1 N–H and O–H groups in total. The zero-order valence-corrected chi connectivity index (χ0v) is 28.5. The van der Waals surface area contributed by atoms with Crippen molar-refractivity contribution in [3.05, 3.63) is 119 Å². The average molecular weight is 678 g/mol. The van der Waals surface area contributed by atoms with Gasteiger partial charge in [-0.1, -0.05) is 80.0 Å². The fourth-order valence-electron chi connectivity index (χ4n) is 4.99. The van der Waals surface area contributed by atoms with E-state index in [9.17, 15) is 18.0 Å². The van der Waals surface area contributed by atoms with Crippen LogP contribution >= 0.6 is 11.6 Å². The molecule has 0 saturated heterocycles. The highest BCUT2D eigenvalue weighted by Crippen LogP contribution is 2.33. The summed E-state index contributed by atoms with van der Waals surface area (Å²) >= 11 is 6.16. The van der Waals surface area contributed by atoms with E-state index in [0.29, 0.717) is 17.3 Å². The molecule has 0 aromatic heterocycles. The molecule has 4 aromatic rings. The molecular weight excluding hydrogens is 638 g/mol. The second-order valence-electron chi connectivity index (χ2n) is 11.4. The molecule has 0 aliphatic rings. The van der Waals surface area contributed by atoms with E-state index in [1.165, 1.54) is 43.4 Å². The molecule has 0 heterocycles. The highest BCUT2D eigenvalue weighted by Gasteiger charge is 2.35. The molecule has 0 fully saturated rings. The van der Waals surface area contributed by atoms with Gasteiger partial charge in [-0.25, -0.2) is 8.42 Å². The average Bonchev–Trinajstić information content (AvgIpc) is 3.08. The van der Waals surface area contributed by atoms with E-state index >= 15 is 0 Å². The van der Waals surface area contributed by atoms with Gasteiger partial charge in [0.1, 0.15) is 24.1 Å². The Labute approximate surface area is 282 Å². The lowest BCUT2D eigenvalue weighted by molar-refractivity contribution is -0.140. The van der Waals surface area contributed by atoms with Gasteiger partial charge in [-0.05, 0) is 65.6 Å². The summed E-state index contributed by atoms with van der Waals surface area (Å²) in [5.41, 5.74) is 1.74. The molecule has 0 aliphatic carbocycles. The molecule has 1 atom stereocenters. The number of hydrogen-bond donors (Lipinski definition) is 1. The van der Waals surface area contributed by atoms with E-state index in [1.807, 2.05) is 44.2 Å². The summed E-state index contributed by atoms with van der Waals surface area (Å²) < 4.78 is 40.4. The first kappa shape index (κ1) is 35.3. The molecular formula is C36H40ClN3O6S. The Morgan fingerprint density at radius 1 is 0.809 bits per heavy atom. The molecule has 248 valence electrons. The summed E-state index contributed by atoms with van der Waals surface area (Å²) in [4.78, 5) is 29.9. The first-order valence-electron chi connectivity index (χ1n) is 15.2. The lowest BCUT2D eigenvalue weighted by Crippen LogP contribution is -2.53. The Kier molecular flexibility index (Phi) is 12.3. The van der Waals surface area contributed by atoms with E-state index in [-0.39, 0.29) is 41.1 Å². The van der Waals surface area contributed by atoms with Gasteiger partial charge in [-0.2, -0.15) is 0 Å². The van der Waals surface area contributed by atoms with Crippen LogP contribution in [0.15, 0.2) is 108 Å². The summed E-state index contributed by atoms with van der Waals surface area (Å²) in [7, 11) is -1.39. The van der Waals surface area contributed by atoms with Gasteiger partial charge in [-0.15, -0.1) is 0 Å². The fourth-order valence-corrected chi connectivity index (χ4v) is 6.54. The molecule has 0 aliphatic heterocycles. The number of amides is 2. The molecule has 0 radical (unpaired) electrons. The van der Waals surface area contributed by atoms with Crippen molar-refractivity contribution in [1.82, 2.24) is 10.2 Å². The number of benzene rings is 4. The summed E-state index contributed by atoms with van der Waals surface area (Å²) in [5.74, 6) is -0.00553. The Hall–Kier alpha value is -4.54. The normalized spacial score (nSPS) is 11.9. The van der Waals surface area contributed by atoms with Crippen LogP contribution in [0.5, 0.6) is 11.5 Å². The third-order valence-corrected chi connectivity index (χ3v) is 9.53. The van der Waals surface area contributed by atoms with Crippen LogP contribution in [0.4, 0.5) is 5.69 Å². The molecule has 0 saturated carbocycles. The van der Waals surface area contributed by atoms with Crippen molar-refractivity contribution < 1.29 is 27.5 Å². The minimum Gasteiger partial charge on any atom is -0.497 e. The zero-order valence-electron chi connectivity index (χ0n) is 26.9. The Balaban J connectivity index is 1.82. The van der Waals surface area contributed by atoms with E-state index in [0.717, 1.165) is 15.4 Å². The SMILES string of the molecule is COc1ccc(S(=O)(=O)N(CC(=O)N(Cc2ccc(Cl)cc2)C(Cc2ccccc2)C(=O)NCC(C)C)c2ccccc2OC)cc1. The standard InChI is InChI=1S/C36H40ClN3O6S/c1-26(2)23-38-36(42)33(22-27-10-6-5-7-11-27)39(24-28-14-16-29(37)17-15-28)35(41)25-40(32-12-8-9-13-34(32)46-4)47(43,44)31-20-18-30(45-3)19-21-31/h5-21,26,33H,22-25H2,1-4H3,(H,38,42). The van der Waals surface area contributed by atoms with Crippen molar-refractivity contribution in [2.24, 2.45) is 5.92 Å². The highest BCUT2D eigenvalue weighted by molar-refractivity contribution is 7.92. The number of nitrogens with one attached hydrogen (secondary N) is 1. The number of rotatable bonds is 15. The van der Waals surface area contributed by atoms with Gasteiger partial charge in [0.15, 0.2) is 0 Å². The second kappa shape index (κ2) is 16.3. The number of hydrogen-bond acceptors (Lipinski definition) is 6. The smallest absolute Gasteiger partial charge is 0.264 e. The van der Waals surface area contributed by atoms with Crippen LogP contribution in [-0.2, 0) is 32.6 Å². The molecule has 11 heteroatoms. The van der Waals surface area contributed by atoms with Crippen molar-refractivity contribution in [1.29, 1.82) is 0 Å². The number of methoxy groups -OCH3 is 2. The van der Waals surface area contributed by atoms with E-state index in [4.69, 9.17) is 21.1 Å². The lowest BCUT2D eigenvalue weighted by Gasteiger charge is -2.34. The van der Waals surface area contributed by atoms with Crippen molar-refractivity contribution >= 4 is 39.1 Å². The maximum Gasteiger partial charge on any atom is 0.264 e. The maximum absolute atomic E-state index is 14.6. The van der Waals surface area contributed by atoms with Gasteiger partial charge in [-0.3, -0.25) is 13.9 Å². The van der Waals surface area contributed by atoms with E-state index < -0.39 is 28.5 Å². The Morgan fingerprint density at radius 3 is 2.06 bits per heavy atom. The molecule has 4 aromatic carbocycles. The first-order valence-corrected chi connectivity index (χ1v) is 17.0. The molecule has 4 rings (SSSR count). The molecule has 2 amide bonds. The van der Waals surface area contributed by atoms with Crippen LogP contribution < -0.4 is 19.1 Å². The third-order valence-electron chi connectivity index (χ3n) is 7.50. The number of para-hydroxylation sites is 2. The van der Waals surface area contributed by atoms with Crippen LogP contribution in [0.1, 0.15) is 25.0 Å². The highest BCUT2D eigenvalue weighted by atomic mass is 35.5. The van der Waals surface area contributed by atoms with Gasteiger partial charge in [0.05, 0.1) is 24.8 Å². The van der Waals surface area contributed by atoms with Gasteiger partial charge in [0.2, 0.25) is 11.8 Å². The molecule has 0 bridgehead atoms. The van der Waals surface area contributed by atoms with Crippen LogP contribution in [0.25, 0.3) is 0 Å². The summed E-state index contributed by atoms with van der Waals surface area (Å²) in [5, 5.41) is 3.51. The Bertz CT molecular complexity index is 1730. The van der Waals surface area contributed by atoms with Crippen molar-refractivity contribution in [2.45, 2.75) is 37.8 Å². The number of carbonyl (C=O) groups excluding carboxylic acids is 2. The monoisotopic (exact) mass is 677 g/mol. The summed E-state index contributed by atoms with van der Waals surface area (Å²) in [6.07, 6.45) is 0.212. The van der Waals surface area contributed by atoms with Crippen molar-refractivity contribution in [3.8, 4) is 11.5 Å². The van der Waals surface area contributed by atoms with Crippen LogP contribution in [0.3, 0.4) is 0 Å². The predicted octanol–water partition coefficient (Wildman–Crippen LogP) is 5.96. The quantitative estimate of drug-likeness (QED) is 0.166. The second-order valence-corrected chi connectivity index (χ2v) is 13.7. The van der Waals surface area contributed by atoms with E-state index in [2.05, 4.69) is 5.32 Å². The largest absolute Gasteiger partial charge is 0.497 e. The topological polar surface area (TPSA) is 105 Å². The molecule has 0 spiro atoms. The van der Waals surface area contributed by atoms with Crippen molar-refractivity contribution in [3.63, 3.8) is 0 Å². The minimum absolute atomic E-state index is 0.0327. The fraction of sp³-hybridized carbons (Fsp3) is 0.278. The summed E-state index contributed by atoms with van der Waals surface area (Å²) in [6, 6.07) is 27.9. The minimum atomic E-state index is -4.31. The number of sulfonamides is 1. The number of carbonyl (C=O) groups is 2. The number of anilines is 1. The third kappa shape index (κ3) is 9.27. The van der Waals surface area contributed by atoms with Crippen LogP contribution in [0.2, 0.25) is 5.02 Å². The molecule has 1 unspecified atom stereocenters.